The molecule has 1 aromatic rings. The summed E-state index contributed by atoms with van der Waals surface area (Å²) in [6, 6.07) is 0.707. The van der Waals surface area contributed by atoms with Gasteiger partial charge in [0.1, 0.15) is 0 Å². The first-order valence-corrected chi connectivity index (χ1v) is 8.16. The van der Waals surface area contributed by atoms with Crippen molar-refractivity contribution in [1.29, 1.82) is 0 Å². The van der Waals surface area contributed by atoms with Gasteiger partial charge >= 0.3 is 6.18 Å². The summed E-state index contributed by atoms with van der Waals surface area (Å²) in [5, 5.41) is 6.85. The molecule has 2 aliphatic rings. The largest absolute Gasteiger partial charge is 0.418 e. The highest BCUT2D eigenvalue weighted by molar-refractivity contribution is 5.99. The molecule has 1 atom stereocenters. The highest BCUT2D eigenvalue weighted by atomic mass is 19.4. The standard InChI is InChI=1S/C17H19F3N4O2/c1-15(2)8-16(6-11(21)13(15)25)3-4-24(9-16)14(26)12-5-10(7-22-23-12)17(18,19)20/h5-7H,3-4,8-9,21H2,1-2H3/t16-/m0/s1. The summed E-state index contributed by atoms with van der Waals surface area (Å²) >= 11 is 0. The van der Waals surface area contributed by atoms with Crippen LogP contribution in [0.1, 0.15) is 42.7 Å². The maximum absolute atomic E-state index is 12.8. The number of alkyl halides is 3. The summed E-state index contributed by atoms with van der Waals surface area (Å²) in [6.45, 7) is 4.24. The lowest BCUT2D eigenvalue weighted by molar-refractivity contribution is -0.138. The zero-order chi connectivity index (χ0) is 19.3. The number of allylic oxidation sites excluding steroid dienone is 1. The van der Waals surface area contributed by atoms with Crippen LogP contribution in [-0.4, -0.2) is 39.9 Å². The van der Waals surface area contributed by atoms with Gasteiger partial charge in [-0.25, -0.2) is 0 Å². The van der Waals surface area contributed by atoms with E-state index in [1.165, 1.54) is 4.90 Å². The number of aromatic nitrogens is 2. The molecule has 6 nitrogen and oxygen atoms in total. The van der Waals surface area contributed by atoms with Gasteiger partial charge in [-0.05, 0) is 25.0 Å². The van der Waals surface area contributed by atoms with Gasteiger partial charge in [0.2, 0.25) is 0 Å². The number of ketones is 1. The van der Waals surface area contributed by atoms with Crippen molar-refractivity contribution >= 4 is 11.7 Å². The number of hydrogen-bond acceptors (Lipinski definition) is 5. The van der Waals surface area contributed by atoms with Crippen molar-refractivity contribution in [3.8, 4) is 0 Å². The lowest BCUT2D eigenvalue weighted by Gasteiger charge is -2.39. The molecule has 3 rings (SSSR count). The Morgan fingerprint density at radius 1 is 1.35 bits per heavy atom. The van der Waals surface area contributed by atoms with Crippen LogP contribution >= 0.6 is 0 Å². The SMILES string of the molecule is CC1(C)C[C@@]2(C=C(N)C1=O)CCN(C(=O)c1cc(C(F)(F)F)cnn1)C2. The second-order valence-corrected chi connectivity index (χ2v) is 7.66. The average Bonchev–Trinajstić information content (AvgIpc) is 2.94. The molecule has 1 spiro atoms. The lowest BCUT2D eigenvalue weighted by Crippen LogP contribution is -2.42. The highest BCUT2D eigenvalue weighted by Crippen LogP contribution is 2.47. The van der Waals surface area contributed by atoms with Crippen LogP contribution < -0.4 is 5.73 Å². The van der Waals surface area contributed by atoms with Crippen molar-refractivity contribution in [2.75, 3.05) is 13.1 Å². The van der Waals surface area contributed by atoms with Crippen LogP contribution in [0, 0.1) is 10.8 Å². The Morgan fingerprint density at radius 3 is 2.65 bits per heavy atom. The van der Waals surface area contributed by atoms with Gasteiger partial charge in [-0.2, -0.15) is 18.3 Å². The Bertz CT molecular complexity index is 803. The van der Waals surface area contributed by atoms with Crippen LogP contribution in [0.25, 0.3) is 0 Å². The number of nitrogens with two attached hydrogens (primary N) is 1. The molecule has 0 bridgehead atoms. The molecule has 140 valence electrons. The normalized spacial score (nSPS) is 25.5. The Hall–Kier alpha value is -2.45. The molecule has 9 heteroatoms. The minimum absolute atomic E-state index is 0.128. The molecule has 0 saturated carbocycles. The third-order valence-electron chi connectivity index (χ3n) is 5.01. The van der Waals surface area contributed by atoms with E-state index in [0.717, 1.165) is 0 Å². The number of hydrogen-bond donors (Lipinski definition) is 1. The quantitative estimate of drug-likeness (QED) is 0.821. The van der Waals surface area contributed by atoms with Crippen LogP contribution in [0.3, 0.4) is 0 Å². The Labute approximate surface area is 148 Å². The molecule has 2 heterocycles. The van der Waals surface area contributed by atoms with Gasteiger partial charge in [0.15, 0.2) is 11.5 Å². The Morgan fingerprint density at radius 2 is 2.04 bits per heavy atom. The Balaban J connectivity index is 1.83. The third-order valence-corrected chi connectivity index (χ3v) is 5.01. The maximum atomic E-state index is 12.8. The van der Waals surface area contributed by atoms with Crippen molar-refractivity contribution in [2.24, 2.45) is 16.6 Å². The summed E-state index contributed by atoms with van der Waals surface area (Å²) < 4.78 is 38.4. The summed E-state index contributed by atoms with van der Waals surface area (Å²) in [5.41, 5.74) is 3.59. The predicted octanol–water partition coefficient (Wildman–Crippen LogP) is 2.17. The van der Waals surface area contributed by atoms with Crippen LogP contribution in [-0.2, 0) is 11.0 Å². The number of halogens is 3. The minimum atomic E-state index is -4.60. The molecule has 1 amide bonds. The molecule has 1 aliphatic carbocycles. The smallest absolute Gasteiger partial charge is 0.396 e. The number of rotatable bonds is 1. The summed E-state index contributed by atoms with van der Waals surface area (Å²) in [5.74, 6) is -0.737. The summed E-state index contributed by atoms with van der Waals surface area (Å²) in [7, 11) is 0. The number of amides is 1. The van der Waals surface area contributed by atoms with Crippen molar-refractivity contribution in [2.45, 2.75) is 32.9 Å². The molecule has 1 fully saturated rings. The van der Waals surface area contributed by atoms with E-state index in [4.69, 9.17) is 5.73 Å². The fourth-order valence-corrected chi connectivity index (χ4v) is 3.92. The van der Waals surface area contributed by atoms with Crippen molar-refractivity contribution in [3.63, 3.8) is 0 Å². The molecule has 1 aliphatic heterocycles. The van der Waals surface area contributed by atoms with Crippen LogP contribution in [0.15, 0.2) is 24.0 Å². The van der Waals surface area contributed by atoms with Crippen molar-refractivity contribution in [3.05, 3.63) is 35.3 Å². The molecular formula is C17H19F3N4O2. The van der Waals surface area contributed by atoms with Gasteiger partial charge in [-0.3, -0.25) is 9.59 Å². The van der Waals surface area contributed by atoms with Crippen molar-refractivity contribution < 1.29 is 22.8 Å². The fourth-order valence-electron chi connectivity index (χ4n) is 3.92. The summed E-state index contributed by atoms with van der Waals surface area (Å²) in [4.78, 5) is 26.2. The molecule has 0 radical (unpaired) electrons. The molecule has 1 aromatic heterocycles. The average molecular weight is 368 g/mol. The third kappa shape index (κ3) is 3.17. The number of likely N-dealkylation sites (tertiary alicyclic amines) is 1. The van der Waals surface area contributed by atoms with Crippen LogP contribution in [0.2, 0.25) is 0 Å². The first-order valence-electron chi connectivity index (χ1n) is 8.16. The lowest BCUT2D eigenvalue weighted by atomic mass is 9.65. The second-order valence-electron chi connectivity index (χ2n) is 7.66. The van der Waals surface area contributed by atoms with Gasteiger partial charge in [-0.1, -0.05) is 13.8 Å². The van der Waals surface area contributed by atoms with E-state index in [-0.39, 0.29) is 23.7 Å². The number of carbonyl (C=O) groups is 2. The van der Waals surface area contributed by atoms with E-state index in [9.17, 15) is 22.8 Å². The molecule has 1 saturated heterocycles. The number of carbonyl (C=O) groups excluding carboxylic acids is 2. The number of Topliss-reactive ketones (excluding diaryl/α,β-unsaturated/α-hetero) is 1. The van der Waals surface area contributed by atoms with E-state index in [0.29, 0.717) is 31.6 Å². The zero-order valence-corrected chi connectivity index (χ0v) is 14.4. The van der Waals surface area contributed by atoms with Crippen LogP contribution in [0.5, 0.6) is 0 Å². The van der Waals surface area contributed by atoms with Gasteiger partial charge in [0, 0.05) is 23.9 Å². The maximum Gasteiger partial charge on any atom is 0.418 e. The summed E-state index contributed by atoms with van der Waals surface area (Å²) in [6.07, 6.45) is -1.20. The highest BCUT2D eigenvalue weighted by Gasteiger charge is 2.48. The molecule has 0 unspecified atom stereocenters. The first-order chi connectivity index (χ1) is 11.9. The van der Waals surface area contributed by atoms with Gasteiger partial charge < -0.3 is 10.6 Å². The molecule has 0 aromatic carbocycles. The zero-order valence-electron chi connectivity index (χ0n) is 14.4. The predicted molar refractivity (Wildman–Crippen MR) is 85.7 cm³/mol. The van der Waals surface area contributed by atoms with E-state index < -0.39 is 28.5 Å². The number of nitrogens with zero attached hydrogens (tertiary/aromatic N) is 3. The topological polar surface area (TPSA) is 89.2 Å². The first kappa shape index (κ1) is 18.3. The molecule has 26 heavy (non-hydrogen) atoms. The van der Waals surface area contributed by atoms with Crippen molar-refractivity contribution in [1.82, 2.24) is 15.1 Å². The minimum Gasteiger partial charge on any atom is -0.396 e. The van der Waals surface area contributed by atoms with Gasteiger partial charge in [0.05, 0.1) is 17.5 Å². The monoisotopic (exact) mass is 368 g/mol. The van der Waals surface area contributed by atoms with Gasteiger partial charge in [0.25, 0.3) is 5.91 Å². The van der Waals surface area contributed by atoms with E-state index in [1.54, 1.807) is 19.9 Å². The fraction of sp³-hybridized carbons (Fsp3) is 0.529. The molecule has 2 N–H and O–H groups in total. The van der Waals surface area contributed by atoms with E-state index >= 15 is 0 Å². The molecular weight excluding hydrogens is 349 g/mol. The van der Waals surface area contributed by atoms with Crippen LogP contribution in [0.4, 0.5) is 13.2 Å². The van der Waals surface area contributed by atoms with E-state index in [1.807, 2.05) is 0 Å². The van der Waals surface area contributed by atoms with Gasteiger partial charge in [-0.15, -0.1) is 5.10 Å². The van der Waals surface area contributed by atoms with E-state index in [2.05, 4.69) is 10.2 Å². The second kappa shape index (κ2) is 5.78. The Kier molecular flexibility index (Phi) is 4.08.